The largest absolute Gasteiger partial charge is 0.481 e. The first-order chi connectivity index (χ1) is 64.1. The van der Waals surface area contributed by atoms with Crippen molar-refractivity contribution < 1.29 is 63.3 Å². The molecule has 0 amide bonds. The standard InChI is InChI=1S/C47H93NO5.C27H55NO3.C20H39BrO2.C12H26O.C8H15BrO2/c1-5-9-12-15-20-27-35-45(36-28-21-16-13-10-6-2)53-47(51)38-30-23-18-25-32-40-48(41-42-49)39-31-24-17-22-29-37-46(50)52-43-44(33-8-4)34-26-19-14-11-7-3;1-3-5-7-9-12-16-20-26(21-17-13-10-8-6-4-2)31-27(30)22-18-14-11-15-19-23-28-24-25-29;1-3-5-6-8-11-15-19(14-4-2)18-23-20(22)16-12-9-7-10-13-17-21;1-3-5-6-7-8-10-12(11-13)9-4-2;9-7-5-3-1-2-4-6-8(10)11/h44-45,49H,5-43H2,1-4H3;26,28-29H,3-25H2,1-2H3;19H,3-18H2,1-2H3;12-13H,3-11H2,1-2H3;1-7H2,(H,10,11). The van der Waals surface area contributed by atoms with Gasteiger partial charge in [-0.05, 0) is 191 Å². The minimum atomic E-state index is -0.675. The second-order valence-electron chi connectivity index (χ2n) is 39.0. The number of aliphatic hydroxyl groups excluding tert-OH is 3. The Hall–Kier alpha value is -1.89. The van der Waals surface area contributed by atoms with Crippen LogP contribution in [-0.4, -0.2) is 144 Å². The second kappa shape index (κ2) is 122. The van der Waals surface area contributed by atoms with Crippen LogP contribution >= 0.6 is 31.9 Å². The highest BCUT2D eigenvalue weighted by Gasteiger charge is 2.19. The van der Waals surface area contributed by atoms with Gasteiger partial charge < -0.3 is 49.6 Å². The Kier molecular flexibility index (Phi) is 128. The van der Waals surface area contributed by atoms with Crippen molar-refractivity contribution in [3.05, 3.63) is 0 Å². The van der Waals surface area contributed by atoms with Gasteiger partial charge in [-0.2, -0.15) is 0 Å². The first kappa shape index (κ1) is 138. The van der Waals surface area contributed by atoms with E-state index in [0.717, 1.165) is 172 Å². The molecule has 131 heavy (non-hydrogen) atoms. The Balaban J connectivity index is -0.000000569. The predicted molar refractivity (Wildman–Crippen MR) is 573 cm³/mol. The Morgan fingerprint density at radius 3 is 0.786 bits per heavy atom. The first-order valence-electron chi connectivity index (χ1n) is 57.4. The lowest BCUT2D eigenvalue weighted by molar-refractivity contribution is -0.151. The van der Waals surface area contributed by atoms with Crippen molar-refractivity contribution in [1.82, 2.24) is 10.2 Å². The van der Waals surface area contributed by atoms with E-state index in [4.69, 9.17) is 34.3 Å². The zero-order valence-electron chi connectivity index (χ0n) is 89.0. The van der Waals surface area contributed by atoms with E-state index in [0.29, 0.717) is 76.2 Å². The topological polar surface area (TPSA) is 218 Å². The third-order valence-electron chi connectivity index (χ3n) is 25.8. The quantitative estimate of drug-likeness (QED) is 0.0166. The van der Waals surface area contributed by atoms with Crippen molar-refractivity contribution >= 4 is 61.7 Å². The smallest absolute Gasteiger partial charge is 0.306 e. The van der Waals surface area contributed by atoms with E-state index in [1.165, 1.54) is 360 Å². The van der Waals surface area contributed by atoms with E-state index in [1.54, 1.807) is 0 Å². The van der Waals surface area contributed by atoms with Gasteiger partial charge in [-0.25, -0.2) is 0 Å². The molecule has 0 heterocycles. The van der Waals surface area contributed by atoms with Crippen LogP contribution in [-0.2, 0) is 42.9 Å². The van der Waals surface area contributed by atoms with Crippen LogP contribution in [0.3, 0.4) is 0 Å². The number of ether oxygens (including phenoxy) is 4. The van der Waals surface area contributed by atoms with Gasteiger partial charge in [0, 0.05) is 62.5 Å². The number of nitrogens with zero attached hydrogens (tertiary/aromatic N) is 1. The summed E-state index contributed by atoms with van der Waals surface area (Å²) in [4.78, 5) is 61.7. The van der Waals surface area contributed by atoms with Crippen LogP contribution in [0.25, 0.3) is 0 Å². The van der Waals surface area contributed by atoms with Crippen molar-refractivity contribution in [2.45, 2.75) is 608 Å². The molecule has 0 rings (SSSR count). The van der Waals surface area contributed by atoms with Gasteiger partial charge in [0.15, 0.2) is 0 Å². The molecular weight excluding hydrogens is 1770 g/mol. The molecule has 17 heteroatoms. The van der Waals surface area contributed by atoms with Crippen LogP contribution in [0, 0.1) is 17.8 Å². The number of hydrogen-bond donors (Lipinski definition) is 5. The van der Waals surface area contributed by atoms with Crippen LogP contribution in [0.4, 0.5) is 0 Å². The van der Waals surface area contributed by atoms with E-state index < -0.39 is 5.97 Å². The molecule has 5 N–H and O–H groups in total. The van der Waals surface area contributed by atoms with Crippen molar-refractivity contribution in [2.75, 3.05) is 76.4 Å². The summed E-state index contributed by atoms with van der Waals surface area (Å²) in [5.41, 5.74) is 0. The summed E-state index contributed by atoms with van der Waals surface area (Å²) >= 11 is 6.79. The molecule has 0 bridgehead atoms. The number of halogens is 2. The summed E-state index contributed by atoms with van der Waals surface area (Å²) in [6.07, 6.45) is 96.4. The van der Waals surface area contributed by atoms with Gasteiger partial charge in [-0.1, -0.05) is 441 Å². The SMILES string of the molecule is CCCCCCCC(CCC)COC(=O)CCCCCCCBr.CCCCCCCC(CO)CCC.CCCCCCCCC(CCCCCCCC)OC(=O)CCCCCCCN(CCO)CCCCCCCC(=O)OCC(CCC)CCCCCCC.CCCCCCCCC(CCCCCCCC)OC(=O)CCCCCCCNCCO.O=C(O)CCCCCCCBr. The summed E-state index contributed by atoms with van der Waals surface area (Å²) in [6.45, 7) is 28.9. The lowest BCUT2D eigenvalue weighted by atomic mass is 9.97. The minimum Gasteiger partial charge on any atom is -0.481 e. The van der Waals surface area contributed by atoms with Crippen LogP contribution in [0.5, 0.6) is 0 Å². The van der Waals surface area contributed by atoms with Gasteiger partial charge in [-0.3, -0.25) is 24.0 Å². The molecule has 0 saturated heterocycles. The highest BCUT2D eigenvalue weighted by Crippen LogP contribution is 2.25. The first-order valence-corrected chi connectivity index (χ1v) is 59.6. The summed E-state index contributed by atoms with van der Waals surface area (Å²) in [5.74, 6) is 1.03. The molecule has 3 atom stereocenters. The fourth-order valence-electron chi connectivity index (χ4n) is 17.3. The summed E-state index contributed by atoms with van der Waals surface area (Å²) < 4.78 is 23.1. The van der Waals surface area contributed by atoms with Gasteiger partial charge in [0.2, 0.25) is 0 Å². The average Bonchev–Trinajstić information content (AvgIpc) is 0.963. The molecule has 0 saturated carbocycles. The predicted octanol–water partition coefficient (Wildman–Crippen LogP) is 34.6. The summed E-state index contributed by atoms with van der Waals surface area (Å²) in [7, 11) is 0. The van der Waals surface area contributed by atoms with E-state index in [9.17, 15) is 29.1 Å². The maximum absolute atomic E-state index is 12.7. The van der Waals surface area contributed by atoms with E-state index >= 15 is 0 Å². The van der Waals surface area contributed by atoms with Crippen molar-refractivity contribution in [3.63, 3.8) is 0 Å². The average molecular weight is 1990 g/mol. The number of carbonyl (C=O) groups excluding carboxylic acids is 4. The normalized spacial score (nSPS) is 11.9. The Morgan fingerprint density at radius 2 is 0.504 bits per heavy atom. The number of alkyl halides is 2. The van der Waals surface area contributed by atoms with Crippen LogP contribution in [0.15, 0.2) is 0 Å². The molecule has 3 unspecified atom stereocenters. The van der Waals surface area contributed by atoms with E-state index in [-0.39, 0.29) is 49.3 Å². The Morgan fingerprint density at radius 1 is 0.252 bits per heavy atom. The van der Waals surface area contributed by atoms with Gasteiger partial charge in [-0.15, -0.1) is 0 Å². The lowest BCUT2D eigenvalue weighted by Gasteiger charge is -2.21. The molecule has 0 aromatic carbocycles. The summed E-state index contributed by atoms with van der Waals surface area (Å²) in [6, 6.07) is 0. The molecular formula is C114H228Br2N2O13. The fourth-order valence-corrected chi connectivity index (χ4v) is 18.1. The highest BCUT2D eigenvalue weighted by molar-refractivity contribution is 9.09. The number of aliphatic carboxylic acids is 1. The molecule has 786 valence electrons. The number of carbonyl (C=O) groups is 5. The Labute approximate surface area is 831 Å². The zero-order valence-corrected chi connectivity index (χ0v) is 92.2. The van der Waals surface area contributed by atoms with Crippen LogP contribution in [0.1, 0.15) is 596 Å². The third kappa shape index (κ3) is 120. The van der Waals surface area contributed by atoms with E-state index in [1.807, 2.05) is 0 Å². The zero-order chi connectivity index (χ0) is 97.4. The molecule has 0 fully saturated rings. The molecule has 0 aromatic rings. The molecule has 15 nitrogen and oxygen atoms in total. The fraction of sp³-hybridized carbons (Fsp3) is 0.956. The maximum atomic E-state index is 12.7. The van der Waals surface area contributed by atoms with Crippen LogP contribution in [0.2, 0.25) is 0 Å². The number of rotatable bonds is 101. The molecule has 0 aliphatic carbocycles. The monoisotopic (exact) mass is 1990 g/mol. The van der Waals surface area contributed by atoms with Gasteiger partial charge in [0.25, 0.3) is 0 Å². The minimum absolute atomic E-state index is 0.0116. The van der Waals surface area contributed by atoms with Crippen molar-refractivity contribution in [1.29, 1.82) is 0 Å². The molecule has 0 spiro atoms. The maximum Gasteiger partial charge on any atom is 0.306 e. The second-order valence-corrected chi connectivity index (χ2v) is 40.6. The third-order valence-corrected chi connectivity index (χ3v) is 26.9. The lowest BCUT2D eigenvalue weighted by Crippen LogP contribution is -2.29. The number of aliphatic hydroxyl groups is 3. The van der Waals surface area contributed by atoms with Crippen molar-refractivity contribution in [3.8, 4) is 0 Å². The summed E-state index contributed by atoms with van der Waals surface area (Å²) in [5, 5.41) is 41.0. The Bertz CT molecular complexity index is 2160. The van der Waals surface area contributed by atoms with E-state index in [2.05, 4.69) is 111 Å². The van der Waals surface area contributed by atoms with Crippen LogP contribution < -0.4 is 5.32 Å². The molecule has 0 aliphatic heterocycles. The highest BCUT2D eigenvalue weighted by atomic mass is 79.9. The number of esters is 4. The van der Waals surface area contributed by atoms with Crippen molar-refractivity contribution in [2.24, 2.45) is 17.8 Å². The molecule has 0 aliphatic rings. The number of carboxylic acids is 1. The molecule has 0 aromatic heterocycles. The van der Waals surface area contributed by atoms with Gasteiger partial charge in [0.05, 0.1) is 26.4 Å². The number of hydrogen-bond acceptors (Lipinski definition) is 14. The van der Waals surface area contributed by atoms with Gasteiger partial charge in [0.1, 0.15) is 12.2 Å². The van der Waals surface area contributed by atoms with Gasteiger partial charge >= 0.3 is 29.8 Å². The number of unbranched alkanes of at least 4 members (excludes halogenated alkanes) is 52. The number of nitrogens with one attached hydrogen (secondary N) is 1. The number of carboxylic acid groups (broad SMARTS) is 1. The molecule has 0 radical (unpaired) electrons.